The van der Waals surface area contributed by atoms with Gasteiger partial charge >= 0.3 is 5.97 Å². The minimum atomic E-state index is -0.601. The molecule has 2 aliphatic rings. The number of rotatable bonds is 3. The number of hydrogen-bond donors (Lipinski definition) is 1. The maximum atomic E-state index is 11.5. The van der Waals surface area contributed by atoms with Crippen molar-refractivity contribution in [3.8, 4) is 0 Å². The first-order chi connectivity index (χ1) is 7.56. The van der Waals surface area contributed by atoms with Gasteiger partial charge < -0.3 is 5.11 Å². The number of aliphatic carboxylic acids is 1. The van der Waals surface area contributed by atoms with Crippen molar-refractivity contribution in [1.29, 1.82) is 0 Å². The van der Waals surface area contributed by atoms with Crippen LogP contribution in [0.3, 0.4) is 0 Å². The molecule has 2 atom stereocenters. The van der Waals surface area contributed by atoms with Crippen LogP contribution < -0.4 is 0 Å². The van der Waals surface area contributed by atoms with Crippen LogP contribution >= 0.6 is 11.8 Å². The van der Waals surface area contributed by atoms with Gasteiger partial charge in [-0.1, -0.05) is 13.8 Å². The van der Waals surface area contributed by atoms with E-state index in [9.17, 15) is 9.90 Å². The highest BCUT2D eigenvalue weighted by Crippen LogP contribution is 2.40. The zero-order chi connectivity index (χ0) is 11.8. The fourth-order valence-electron chi connectivity index (χ4n) is 2.88. The Morgan fingerprint density at radius 1 is 1.56 bits per heavy atom. The summed E-state index contributed by atoms with van der Waals surface area (Å²) in [5, 5.41) is 9.46. The van der Waals surface area contributed by atoms with Crippen LogP contribution in [0.25, 0.3) is 0 Å². The van der Waals surface area contributed by atoms with Gasteiger partial charge in [0.15, 0.2) is 0 Å². The molecule has 1 N–H and O–H groups in total. The van der Waals surface area contributed by atoms with Gasteiger partial charge in [-0.3, -0.25) is 9.69 Å². The largest absolute Gasteiger partial charge is 0.481 e. The Bertz CT molecular complexity index is 276. The molecule has 2 aliphatic heterocycles. The van der Waals surface area contributed by atoms with E-state index >= 15 is 0 Å². The molecule has 0 aromatic heterocycles. The summed E-state index contributed by atoms with van der Waals surface area (Å²) < 4.78 is 0. The Hall–Kier alpha value is -0.220. The average molecular weight is 243 g/mol. The van der Waals surface area contributed by atoms with Crippen molar-refractivity contribution in [2.45, 2.75) is 32.7 Å². The highest BCUT2D eigenvalue weighted by Gasteiger charge is 2.48. The molecule has 2 saturated heterocycles. The van der Waals surface area contributed by atoms with Crippen LogP contribution in [0.15, 0.2) is 0 Å². The van der Waals surface area contributed by atoms with Crippen molar-refractivity contribution < 1.29 is 9.90 Å². The van der Waals surface area contributed by atoms with E-state index in [-0.39, 0.29) is 5.92 Å². The van der Waals surface area contributed by atoms with Crippen LogP contribution in [0.1, 0.15) is 26.7 Å². The van der Waals surface area contributed by atoms with Crippen LogP contribution in [0.2, 0.25) is 0 Å². The molecule has 0 spiro atoms. The number of nitrogens with zero attached hydrogens (tertiary/aromatic N) is 1. The molecule has 4 heteroatoms. The first kappa shape index (κ1) is 12.2. The van der Waals surface area contributed by atoms with E-state index in [1.165, 1.54) is 17.9 Å². The monoisotopic (exact) mass is 243 g/mol. The lowest BCUT2D eigenvalue weighted by molar-refractivity contribution is -0.151. The standard InChI is InChI=1S/C12H21NO2S/c1-9(2)12(11(14)15)4-5-13(8-12)10-3-6-16-7-10/h9-10H,3-8H2,1-2H3,(H,14,15). The maximum absolute atomic E-state index is 11.5. The summed E-state index contributed by atoms with van der Waals surface area (Å²) in [7, 11) is 0. The lowest BCUT2D eigenvalue weighted by Gasteiger charge is -2.30. The Labute approximate surface area is 102 Å². The van der Waals surface area contributed by atoms with E-state index in [4.69, 9.17) is 0 Å². The molecule has 92 valence electrons. The third-order valence-electron chi connectivity index (χ3n) is 4.28. The van der Waals surface area contributed by atoms with Crippen molar-refractivity contribution >= 4 is 17.7 Å². The summed E-state index contributed by atoms with van der Waals surface area (Å²) in [6.07, 6.45) is 2.06. The van der Waals surface area contributed by atoms with E-state index in [1.54, 1.807) is 0 Å². The summed E-state index contributed by atoms with van der Waals surface area (Å²) >= 11 is 2.00. The van der Waals surface area contributed by atoms with Gasteiger partial charge in [-0.05, 0) is 31.1 Å². The van der Waals surface area contributed by atoms with Gasteiger partial charge in [0.25, 0.3) is 0 Å². The number of hydrogen-bond acceptors (Lipinski definition) is 3. The van der Waals surface area contributed by atoms with Gasteiger partial charge in [0, 0.05) is 18.3 Å². The number of carboxylic acid groups (broad SMARTS) is 1. The molecule has 3 nitrogen and oxygen atoms in total. The minimum absolute atomic E-state index is 0.226. The molecule has 0 aliphatic carbocycles. The Morgan fingerprint density at radius 3 is 2.75 bits per heavy atom. The number of carboxylic acids is 1. The molecule has 16 heavy (non-hydrogen) atoms. The number of thioether (sulfide) groups is 1. The predicted octanol–water partition coefficient (Wildman–Crippen LogP) is 1.92. The fourth-order valence-corrected chi connectivity index (χ4v) is 4.13. The molecule has 2 rings (SSSR count). The molecule has 0 amide bonds. The highest BCUT2D eigenvalue weighted by atomic mass is 32.2. The Kier molecular flexibility index (Phi) is 3.50. The summed E-state index contributed by atoms with van der Waals surface area (Å²) in [5.41, 5.74) is -0.493. The van der Waals surface area contributed by atoms with Crippen LogP contribution in [-0.2, 0) is 4.79 Å². The average Bonchev–Trinajstić information content (AvgIpc) is 2.87. The number of likely N-dealkylation sites (tertiary alicyclic amines) is 1. The van der Waals surface area contributed by atoms with Crippen LogP contribution in [0.5, 0.6) is 0 Å². The Balaban J connectivity index is 2.06. The molecule has 0 aromatic carbocycles. The lowest BCUT2D eigenvalue weighted by Crippen LogP contribution is -2.41. The van der Waals surface area contributed by atoms with E-state index in [1.807, 2.05) is 25.6 Å². The van der Waals surface area contributed by atoms with Crippen LogP contribution in [-0.4, -0.2) is 46.6 Å². The number of carbonyl (C=O) groups is 1. The minimum Gasteiger partial charge on any atom is -0.481 e. The normalized spacial score (nSPS) is 36.1. The van der Waals surface area contributed by atoms with Crippen LogP contribution in [0.4, 0.5) is 0 Å². The van der Waals surface area contributed by atoms with Crippen LogP contribution in [0, 0.1) is 11.3 Å². The first-order valence-corrected chi connectivity index (χ1v) is 7.27. The van der Waals surface area contributed by atoms with E-state index in [2.05, 4.69) is 4.90 Å². The van der Waals surface area contributed by atoms with Gasteiger partial charge in [0.2, 0.25) is 0 Å². The summed E-state index contributed by atoms with van der Waals surface area (Å²) in [4.78, 5) is 13.9. The second kappa shape index (κ2) is 4.57. The van der Waals surface area contributed by atoms with Crippen molar-refractivity contribution in [1.82, 2.24) is 4.90 Å². The predicted molar refractivity (Wildman–Crippen MR) is 66.8 cm³/mol. The van der Waals surface area contributed by atoms with E-state index in [0.29, 0.717) is 6.04 Å². The summed E-state index contributed by atoms with van der Waals surface area (Å²) in [6.45, 7) is 5.81. The zero-order valence-electron chi connectivity index (χ0n) is 10.1. The highest BCUT2D eigenvalue weighted by molar-refractivity contribution is 7.99. The van der Waals surface area contributed by atoms with Crippen molar-refractivity contribution in [3.63, 3.8) is 0 Å². The third-order valence-corrected chi connectivity index (χ3v) is 5.43. The Morgan fingerprint density at radius 2 is 2.31 bits per heavy atom. The maximum Gasteiger partial charge on any atom is 0.311 e. The smallest absolute Gasteiger partial charge is 0.311 e. The van der Waals surface area contributed by atoms with Crippen molar-refractivity contribution in [2.75, 3.05) is 24.6 Å². The summed E-state index contributed by atoms with van der Waals surface area (Å²) in [5.74, 6) is 2.05. The molecular formula is C12H21NO2S. The molecule has 0 bridgehead atoms. The van der Waals surface area contributed by atoms with Crippen molar-refractivity contribution in [3.05, 3.63) is 0 Å². The molecule has 2 heterocycles. The molecule has 0 radical (unpaired) electrons. The van der Waals surface area contributed by atoms with Gasteiger partial charge in [-0.25, -0.2) is 0 Å². The first-order valence-electron chi connectivity index (χ1n) is 6.11. The summed E-state index contributed by atoms with van der Waals surface area (Å²) in [6, 6.07) is 0.630. The van der Waals surface area contributed by atoms with Gasteiger partial charge in [0.05, 0.1) is 5.41 Å². The van der Waals surface area contributed by atoms with Gasteiger partial charge in [-0.15, -0.1) is 0 Å². The molecule has 2 fully saturated rings. The SMILES string of the molecule is CC(C)C1(C(=O)O)CCN(C2CCSC2)C1. The van der Waals surface area contributed by atoms with Gasteiger partial charge in [0.1, 0.15) is 0 Å². The molecule has 0 saturated carbocycles. The molecular weight excluding hydrogens is 222 g/mol. The fraction of sp³-hybridized carbons (Fsp3) is 0.917. The quantitative estimate of drug-likeness (QED) is 0.822. The topological polar surface area (TPSA) is 40.5 Å². The van der Waals surface area contributed by atoms with E-state index in [0.717, 1.165) is 19.5 Å². The third kappa shape index (κ3) is 1.97. The van der Waals surface area contributed by atoms with E-state index < -0.39 is 11.4 Å². The lowest BCUT2D eigenvalue weighted by atomic mass is 9.76. The second-order valence-electron chi connectivity index (χ2n) is 5.35. The zero-order valence-corrected chi connectivity index (χ0v) is 10.9. The molecule has 2 unspecified atom stereocenters. The van der Waals surface area contributed by atoms with Gasteiger partial charge in [-0.2, -0.15) is 11.8 Å². The second-order valence-corrected chi connectivity index (χ2v) is 6.50. The molecule has 0 aromatic rings. The van der Waals surface area contributed by atoms with Crippen molar-refractivity contribution in [2.24, 2.45) is 11.3 Å².